The average molecular weight is 371 g/mol. The molecule has 0 aliphatic carbocycles. The van der Waals surface area contributed by atoms with Crippen LogP contribution in [0.1, 0.15) is 18.4 Å². The van der Waals surface area contributed by atoms with Crippen molar-refractivity contribution in [3.63, 3.8) is 0 Å². The molecule has 0 amide bonds. The maximum atomic E-state index is 11.9. The molecule has 1 heterocycles. The summed E-state index contributed by atoms with van der Waals surface area (Å²) in [5.74, 6) is 1.19. The van der Waals surface area contributed by atoms with E-state index in [1.807, 2.05) is 36.4 Å². The molecule has 0 saturated carbocycles. The van der Waals surface area contributed by atoms with Gasteiger partial charge in [0.05, 0.1) is 14.2 Å². The molecular formula is C21H25NO5. The Balaban J connectivity index is 1.67. The Morgan fingerprint density at radius 1 is 1.04 bits per heavy atom. The number of piperidine rings is 1. The Morgan fingerprint density at radius 3 is 2.33 bits per heavy atom. The maximum Gasteiger partial charge on any atom is 0.348 e. The lowest BCUT2D eigenvalue weighted by Gasteiger charge is -2.39. The van der Waals surface area contributed by atoms with Crippen molar-refractivity contribution >= 4 is 5.97 Å². The summed E-state index contributed by atoms with van der Waals surface area (Å²) in [6, 6.07) is 14.9. The predicted molar refractivity (Wildman–Crippen MR) is 101 cm³/mol. The van der Waals surface area contributed by atoms with Gasteiger partial charge in [0.2, 0.25) is 5.60 Å². The average Bonchev–Trinajstić information content (AvgIpc) is 2.70. The first-order valence-corrected chi connectivity index (χ1v) is 8.97. The third kappa shape index (κ3) is 4.34. The third-order valence-electron chi connectivity index (χ3n) is 5.00. The fraction of sp³-hybridized carbons (Fsp3) is 0.381. The third-order valence-corrected chi connectivity index (χ3v) is 5.00. The second-order valence-electron chi connectivity index (χ2n) is 6.67. The van der Waals surface area contributed by atoms with E-state index in [9.17, 15) is 9.90 Å². The Kier molecular flexibility index (Phi) is 5.86. The van der Waals surface area contributed by atoms with Crippen molar-refractivity contribution < 1.29 is 24.1 Å². The minimum absolute atomic E-state index is 0.426. The van der Waals surface area contributed by atoms with E-state index in [0.717, 1.165) is 17.1 Å². The fourth-order valence-electron chi connectivity index (χ4n) is 3.37. The van der Waals surface area contributed by atoms with E-state index in [1.54, 1.807) is 26.4 Å². The standard InChI is InChI=1S/C21H25NO5/c1-25-18-9-8-16(19(14-18)26-2)15-22-12-10-21(11-13-22,20(23)24)27-17-6-4-3-5-7-17/h3-9,14H,10-13,15H2,1-2H3,(H,23,24). The largest absolute Gasteiger partial charge is 0.497 e. The van der Waals surface area contributed by atoms with E-state index in [0.29, 0.717) is 38.2 Å². The number of hydrogen-bond acceptors (Lipinski definition) is 5. The van der Waals surface area contributed by atoms with E-state index in [1.165, 1.54) is 0 Å². The van der Waals surface area contributed by atoms with Crippen molar-refractivity contribution in [2.75, 3.05) is 27.3 Å². The van der Waals surface area contributed by atoms with Crippen molar-refractivity contribution in [1.82, 2.24) is 4.90 Å². The first kappa shape index (κ1) is 19.0. The van der Waals surface area contributed by atoms with Gasteiger partial charge in [0, 0.05) is 44.1 Å². The van der Waals surface area contributed by atoms with Crippen molar-refractivity contribution in [3.8, 4) is 17.2 Å². The monoisotopic (exact) mass is 371 g/mol. The number of likely N-dealkylation sites (tertiary alicyclic amines) is 1. The van der Waals surface area contributed by atoms with Gasteiger partial charge in [0.1, 0.15) is 17.2 Å². The second kappa shape index (κ2) is 8.31. The minimum Gasteiger partial charge on any atom is -0.497 e. The molecule has 6 heteroatoms. The summed E-state index contributed by atoms with van der Waals surface area (Å²) in [5.41, 5.74) is -0.132. The number of ether oxygens (including phenoxy) is 3. The van der Waals surface area contributed by atoms with E-state index >= 15 is 0 Å². The van der Waals surface area contributed by atoms with Gasteiger partial charge in [0.15, 0.2) is 0 Å². The fourth-order valence-corrected chi connectivity index (χ4v) is 3.37. The van der Waals surface area contributed by atoms with Gasteiger partial charge in [-0.2, -0.15) is 0 Å². The van der Waals surface area contributed by atoms with Crippen LogP contribution in [0.25, 0.3) is 0 Å². The Bertz CT molecular complexity index is 769. The molecule has 2 aromatic rings. The number of methoxy groups -OCH3 is 2. The molecular weight excluding hydrogens is 346 g/mol. The van der Waals surface area contributed by atoms with Crippen LogP contribution in [-0.2, 0) is 11.3 Å². The molecule has 1 fully saturated rings. The first-order valence-electron chi connectivity index (χ1n) is 8.97. The van der Waals surface area contributed by atoms with E-state index in [2.05, 4.69) is 4.90 Å². The first-order chi connectivity index (χ1) is 13.1. The summed E-state index contributed by atoms with van der Waals surface area (Å²) >= 11 is 0. The zero-order chi connectivity index (χ0) is 19.3. The molecule has 1 N–H and O–H groups in total. The van der Waals surface area contributed by atoms with Gasteiger partial charge >= 0.3 is 5.97 Å². The molecule has 0 unspecified atom stereocenters. The molecule has 0 atom stereocenters. The summed E-state index contributed by atoms with van der Waals surface area (Å²) in [5, 5.41) is 9.79. The topological polar surface area (TPSA) is 68.2 Å². The van der Waals surface area contributed by atoms with Crippen LogP contribution in [0, 0.1) is 0 Å². The van der Waals surface area contributed by atoms with Gasteiger partial charge in [-0.05, 0) is 18.2 Å². The van der Waals surface area contributed by atoms with E-state index in [-0.39, 0.29) is 0 Å². The molecule has 1 aliphatic heterocycles. The van der Waals surface area contributed by atoms with Gasteiger partial charge < -0.3 is 19.3 Å². The number of para-hydroxylation sites is 1. The highest BCUT2D eigenvalue weighted by atomic mass is 16.5. The number of nitrogens with zero attached hydrogens (tertiary/aromatic N) is 1. The van der Waals surface area contributed by atoms with Gasteiger partial charge in [-0.1, -0.05) is 24.3 Å². The normalized spacial score (nSPS) is 16.5. The maximum absolute atomic E-state index is 11.9. The molecule has 2 aromatic carbocycles. The molecule has 1 aliphatic rings. The molecule has 6 nitrogen and oxygen atoms in total. The van der Waals surface area contributed by atoms with Crippen LogP contribution in [-0.4, -0.2) is 48.9 Å². The molecule has 3 rings (SSSR count). The van der Waals surface area contributed by atoms with Crippen molar-refractivity contribution in [1.29, 1.82) is 0 Å². The van der Waals surface area contributed by atoms with Crippen LogP contribution in [0.3, 0.4) is 0 Å². The summed E-state index contributed by atoms with van der Waals surface area (Å²) in [6.07, 6.45) is 0.853. The van der Waals surface area contributed by atoms with Gasteiger partial charge in [-0.15, -0.1) is 0 Å². The summed E-state index contributed by atoms with van der Waals surface area (Å²) in [4.78, 5) is 14.2. The zero-order valence-corrected chi connectivity index (χ0v) is 15.7. The lowest BCUT2D eigenvalue weighted by molar-refractivity contribution is -0.159. The van der Waals surface area contributed by atoms with Crippen molar-refractivity contribution in [2.24, 2.45) is 0 Å². The van der Waals surface area contributed by atoms with Gasteiger partial charge in [-0.25, -0.2) is 4.79 Å². The van der Waals surface area contributed by atoms with E-state index in [4.69, 9.17) is 14.2 Å². The number of rotatable bonds is 7. The highest BCUT2D eigenvalue weighted by Gasteiger charge is 2.44. The van der Waals surface area contributed by atoms with Crippen LogP contribution in [0.5, 0.6) is 17.2 Å². The van der Waals surface area contributed by atoms with Crippen LogP contribution < -0.4 is 14.2 Å². The summed E-state index contributed by atoms with van der Waals surface area (Å²) in [6.45, 7) is 1.96. The number of carboxylic acids is 1. The van der Waals surface area contributed by atoms with Crippen molar-refractivity contribution in [2.45, 2.75) is 25.0 Å². The molecule has 0 bridgehead atoms. The Morgan fingerprint density at radius 2 is 1.74 bits per heavy atom. The van der Waals surface area contributed by atoms with Gasteiger partial charge in [0.25, 0.3) is 0 Å². The molecule has 27 heavy (non-hydrogen) atoms. The molecule has 144 valence electrons. The zero-order valence-electron chi connectivity index (χ0n) is 15.7. The molecule has 0 radical (unpaired) electrons. The van der Waals surface area contributed by atoms with Crippen LogP contribution in [0.15, 0.2) is 48.5 Å². The van der Waals surface area contributed by atoms with Crippen LogP contribution in [0.4, 0.5) is 0 Å². The lowest BCUT2D eigenvalue weighted by Crippen LogP contribution is -2.53. The summed E-state index contributed by atoms with van der Waals surface area (Å²) < 4.78 is 16.6. The Labute approximate surface area is 159 Å². The number of hydrogen-bond donors (Lipinski definition) is 1. The number of carboxylic acid groups (broad SMARTS) is 1. The van der Waals surface area contributed by atoms with Crippen molar-refractivity contribution in [3.05, 3.63) is 54.1 Å². The number of carbonyl (C=O) groups is 1. The quantitative estimate of drug-likeness (QED) is 0.806. The molecule has 0 spiro atoms. The van der Waals surface area contributed by atoms with Gasteiger partial charge in [-0.3, -0.25) is 4.90 Å². The second-order valence-corrected chi connectivity index (χ2v) is 6.67. The SMILES string of the molecule is COc1ccc(CN2CCC(Oc3ccccc3)(C(=O)O)CC2)c(OC)c1. The molecule has 1 saturated heterocycles. The van der Waals surface area contributed by atoms with E-state index < -0.39 is 11.6 Å². The highest BCUT2D eigenvalue weighted by Crippen LogP contribution is 2.31. The number of aliphatic carboxylic acids is 1. The summed E-state index contributed by atoms with van der Waals surface area (Å²) in [7, 11) is 3.26. The van der Waals surface area contributed by atoms with Crippen LogP contribution in [0.2, 0.25) is 0 Å². The smallest absolute Gasteiger partial charge is 0.348 e. The number of benzene rings is 2. The highest BCUT2D eigenvalue weighted by molar-refractivity contribution is 5.78. The molecule has 0 aromatic heterocycles. The predicted octanol–water partition coefficient (Wildman–Crippen LogP) is 3.20. The lowest BCUT2D eigenvalue weighted by atomic mass is 9.90. The minimum atomic E-state index is -1.18. The van der Waals surface area contributed by atoms with Crippen LogP contribution >= 0.6 is 0 Å². The Hall–Kier alpha value is -2.73.